The molecule has 0 saturated carbocycles. The normalized spacial score (nSPS) is 18.8. The SMILES string of the molecule is Cc1ccc2c(c1)[C@H](NC(=O)[C@@H](C)Oc1ccc(C)c(C)c1)CC(C)(C)O2. The summed E-state index contributed by atoms with van der Waals surface area (Å²) in [6, 6.07) is 11.9. The molecule has 2 atom stereocenters. The standard InChI is InChI=1S/C23H29NO3/c1-14-7-10-21-19(11-14)20(13-23(5,6)27-21)24-22(25)17(4)26-18-9-8-15(2)16(3)12-18/h7-12,17,20H,13H2,1-6H3,(H,24,25)/t17-,20-/m1/s1. The number of rotatable bonds is 4. The summed E-state index contributed by atoms with van der Waals surface area (Å²) < 4.78 is 12.0. The van der Waals surface area contributed by atoms with Crippen LogP contribution in [0, 0.1) is 20.8 Å². The maximum atomic E-state index is 12.8. The third-order valence-electron chi connectivity index (χ3n) is 5.10. The molecule has 0 unspecified atom stereocenters. The van der Waals surface area contributed by atoms with Gasteiger partial charge in [0.05, 0.1) is 6.04 Å². The molecular formula is C23H29NO3. The molecule has 2 aromatic carbocycles. The van der Waals surface area contributed by atoms with E-state index in [1.54, 1.807) is 6.92 Å². The molecule has 0 fully saturated rings. The maximum absolute atomic E-state index is 12.8. The van der Waals surface area contributed by atoms with Gasteiger partial charge < -0.3 is 14.8 Å². The van der Waals surface area contributed by atoms with E-state index < -0.39 is 6.10 Å². The van der Waals surface area contributed by atoms with Crippen molar-refractivity contribution in [3.05, 3.63) is 58.7 Å². The molecule has 4 heteroatoms. The van der Waals surface area contributed by atoms with Gasteiger partial charge in [0.2, 0.25) is 0 Å². The lowest BCUT2D eigenvalue weighted by Crippen LogP contribution is -2.44. The monoisotopic (exact) mass is 367 g/mol. The molecule has 4 nitrogen and oxygen atoms in total. The Hall–Kier alpha value is -2.49. The second-order valence-electron chi connectivity index (χ2n) is 8.17. The van der Waals surface area contributed by atoms with Crippen LogP contribution in [-0.4, -0.2) is 17.6 Å². The van der Waals surface area contributed by atoms with E-state index in [1.165, 1.54) is 5.56 Å². The Morgan fingerprint density at radius 1 is 1.15 bits per heavy atom. The van der Waals surface area contributed by atoms with Gasteiger partial charge in [-0.15, -0.1) is 0 Å². The predicted octanol–water partition coefficient (Wildman–Crippen LogP) is 4.80. The lowest BCUT2D eigenvalue weighted by Gasteiger charge is -2.38. The lowest BCUT2D eigenvalue weighted by atomic mass is 9.89. The van der Waals surface area contributed by atoms with E-state index in [-0.39, 0.29) is 17.6 Å². The molecule has 1 N–H and O–H groups in total. The van der Waals surface area contributed by atoms with Gasteiger partial charge in [-0.1, -0.05) is 23.8 Å². The van der Waals surface area contributed by atoms with Gasteiger partial charge in [0.25, 0.3) is 5.91 Å². The largest absolute Gasteiger partial charge is 0.487 e. The van der Waals surface area contributed by atoms with Gasteiger partial charge >= 0.3 is 0 Å². The van der Waals surface area contributed by atoms with Gasteiger partial charge in [-0.25, -0.2) is 0 Å². The number of amides is 1. The minimum Gasteiger partial charge on any atom is -0.487 e. The van der Waals surface area contributed by atoms with Gasteiger partial charge in [-0.05, 0) is 70.9 Å². The van der Waals surface area contributed by atoms with Crippen LogP contribution in [-0.2, 0) is 4.79 Å². The summed E-state index contributed by atoms with van der Waals surface area (Å²) in [5.41, 5.74) is 4.20. The summed E-state index contributed by atoms with van der Waals surface area (Å²) in [6.07, 6.45) is 0.136. The van der Waals surface area contributed by atoms with Crippen LogP contribution < -0.4 is 14.8 Å². The molecule has 1 amide bonds. The van der Waals surface area contributed by atoms with E-state index in [0.717, 1.165) is 22.4 Å². The van der Waals surface area contributed by atoms with E-state index >= 15 is 0 Å². The molecule has 144 valence electrons. The number of carbonyl (C=O) groups is 1. The van der Waals surface area contributed by atoms with Crippen molar-refractivity contribution < 1.29 is 14.3 Å². The number of aryl methyl sites for hydroxylation is 3. The zero-order valence-corrected chi connectivity index (χ0v) is 17.1. The predicted molar refractivity (Wildman–Crippen MR) is 107 cm³/mol. The number of hydrogen-bond acceptors (Lipinski definition) is 3. The van der Waals surface area contributed by atoms with Crippen LogP contribution in [0.15, 0.2) is 36.4 Å². The smallest absolute Gasteiger partial charge is 0.261 e. The summed E-state index contributed by atoms with van der Waals surface area (Å²) in [5.74, 6) is 1.43. The van der Waals surface area contributed by atoms with E-state index in [2.05, 4.69) is 18.3 Å². The van der Waals surface area contributed by atoms with E-state index in [4.69, 9.17) is 9.47 Å². The first-order chi connectivity index (χ1) is 12.6. The molecular weight excluding hydrogens is 338 g/mol. The summed E-state index contributed by atoms with van der Waals surface area (Å²) in [5, 5.41) is 3.16. The lowest BCUT2D eigenvalue weighted by molar-refractivity contribution is -0.128. The van der Waals surface area contributed by atoms with Crippen molar-refractivity contribution in [2.75, 3.05) is 0 Å². The minimum absolute atomic E-state index is 0.0954. The summed E-state index contributed by atoms with van der Waals surface area (Å²) >= 11 is 0. The second-order valence-corrected chi connectivity index (χ2v) is 8.17. The van der Waals surface area contributed by atoms with Crippen LogP contribution in [0.25, 0.3) is 0 Å². The van der Waals surface area contributed by atoms with Crippen LogP contribution in [0.5, 0.6) is 11.5 Å². The van der Waals surface area contributed by atoms with Crippen LogP contribution in [0.1, 0.15) is 55.5 Å². The van der Waals surface area contributed by atoms with Gasteiger partial charge in [0.1, 0.15) is 17.1 Å². The van der Waals surface area contributed by atoms with Crippen LogP contribution >= 0.6 is 0 Å². The minimum atomic E-state index is -0.577. The number of carbonyl (C=O) groups excluding carboxylic acids is 1. The van der Waals surface area contributed by atoms with Gasteiger partial charge in [-0.3, -0.25) is 4.79 Å². The van der Waals surface area contributed by atoms with Crippen LogP contribution in [0.2, 0.25) is 0 Å². The van der Waals surface area contributed by atoms with E-state index in [0.29, 0.717) is 12.2 Å². The fraction of sp³-hybridized carbons (Fsp3) is 0.435. The van der Waals surface area contributed by atoms with Crippen molar-refractivity contribution in [1.82, 2.24) is 5.32 Å². The fourth-order valence-electron chi connectivity index (χ4n) is 3.44. The maximum Gasteiger partial charge on any atom is 0.261 e. The fourth-order valence-corrected chi connectivity index (χ4v) is 3.44. The first-order valence-electron chi connectivity index (χ1n) is 9.48. The van der Waals surface area contributed by atoms with Crippen molar-refractivity contribution in [2.24, 2.45) is 0 Å². The summed E-state index contributed by atoms with van der Waals surface area (Å²) in [4.78, 5) is 12.8. The Balaban J connectivity index is 1.74. The first-order valence-corrected chi connectivity index (χ1v) is 9.48. The molecule has 0 saturated heterocycles. The number of fused-ring (bicyclic) bond motifs is 1. The quantitative estimate of drug-likeness (QED) is 0.844. The summed E-state index contributed by atoms with van der Waals surface area (Å²) in [7, 11) is 0. The topological polar surface area (TPSA) is 47.6 Å². The molecule has 27 heavy (non-hydrogen) atoms. The highest BCUT2D eigenvalue weighted by molar-refractivity contribution is 5.81. The number of nitrogens with one attached hydrogen (secondary N) is 1. The number of ether oxygens (including phenoxy) is 2. The van der Waals surface area contributed by atoms with Crippen molar-refractivity contribution >= 4 is 5.91 Å². The Kier molecular flexibility index (Phi) is 5.18. The highest BCUT2D eigenvalue weighted by Crippen LogP contribution is 2.39. The molecule has 3 rings (SSSR count). The molecule has 1 aliphatic heterocycles. The molecule has 0 bridgehead atoms. The van der Waals surface area contributed by atoms with Crippen LogP contribution in [0.3, 0.4) is 0 Å². The third-order valence-corrected chi connectivity index (χ3v) is 5.10. The molecule has 0 radical (unpaired) electrons. The van der Waals surface area contributed by atoms with E-state index in [1.807, 2.05) is 58.0 Å². The van der Waals surface area contributed by atoms with Crippen molar-refractivity contribution in [2.45, 2.75) is 65.7 Å². The Labute approximate surface area is 161 Å². The second kappa shape index (κ2) is 7.26. The zero-order chi connectivity index (χ0) is 19.8. The Bertz CT molecular complexity index is 857. The third kappa shape index (κ3) is 4.44. The van der Waals surface area contributed by atoms with Gasteiger partial charge in [0, 0.05) is 12.0 Å². The Morgan fingerprint density at radius 3 is 2.59 bits per heavy atom. The van der Waals surface area contributed by atoms with E-state index in [9.17, 15) is 4.79 Å². The molecule has 0 spiro atoms. The van der Waals surface area contributed by atoms with Gasteiger partial charge in [0.15, 0.2) is 6.10 Å². The van der Waals surface area contributed by atoms with Crippen molar-refractivity contribution in [3.63, 3.8) is 0 Å². The number of benzene rings is 2. The Morgan fingerprint density at radius 2 is 1.89 bits per heavy atom. The van der Waals surface area contributed by atoms with Crippen molar-refractivity contribution in [1.29, 1.82) is 0 Å². The highest BCUT2D eigenvalue weighted by atomic mass is 16.5. The average Bonchev–Trinajstić information content (AvgIpc) is 2.58. The van der Waals surface area contributed by atoms with Gasteiger partial charge in [-0.2, -0.15) is 0 Å². The van der Waals surface area contributed by atoms with Crippen molar-refractivity contribution in [3.8, 4) is 11.5 Å². The summed E-state index contributed by atoms with van der Waals surface area (Å²) in [6.45, 7) is 12.0. The molecule has 2 aromatic rings. The average molecular weight is 367 g/mol. The first kappa shape index (κ1) is 19.3. The molecule has 0 aromatic heterocycles. The van der Waals surface area contributed by atoms with Crippen LogP contribution in [0.4, 0.5) is 0 Å². The molecule has 0 aliphatic carbocycles. The highest BCUT2D eigenvalue weighted by Gasteiger charge is 2.35. The molecule has 1 heterocycles. The zero-order valence-electron chi connectivity index (χ0n) is 17.1. The number of hydrogen-bond donors (Lipinski definition) is 1. The molecule has 1 aliphatic rings.